The van der Waals surface area contributed by atoms with Gasteiger partial charge in [0.15, 0.2) is 0 Å². The van der Waals surface area contributed by atoms with Crippen molar-refractivity contribution in [3.8, 4) is 0 Å². The second-order valence-corrected chi connectivity index (χ2v) is 5.43. The van der Waals surface area contributed by atoms with Gasteiger partial charge < -0.3 is 14.8 Å². The predicted molar refractivity (Wildman–Crippen MR) is 66.7 cm³/mol. The molecular formula is C13H27NO2. The third-order valence-electron chi connectivity index (χ3n) is 3.70. The Kier molecular flexibility index (Phi) is 5.22. The van der Waals surface area contributed by atoms with E-state index in [0.29, 0.717) is 11.5 Å². The fraction of sp³-hybridized carbons (Fsp3) is 1.00. The summed E-state index contributed by atoms with van der Waals surface area (Å²) in [6.45, 7) is 10.7. The Balaban J connectivity index is 2.29. The van der Waals surface area contributed by atoms with Crippen molar-refractivity contribution in [2.24, 2.45) is 5.41 Å². The first kappa shape index (κ1) is 13.9. The van der Waals surface area contributed by atoms with Gasteiger partial charge in [0.2, 0.25) is 0 Å². The van der Waals surface area contributed by atoms with E-state index < -0.39 is 0 Å². The Hall–Kier alpha value is -0.120. The van der Waals surface area contributed by atoms with Gasteiger partial charge in [-0.15, -0.1) is 0 Å². The van der Waals surface area contributed by atoms with Gasteiger partial charge >= 0.3 is 0 Å². The molecule has 3 atom stereocenters. The lowest BCUT2D eigenvalue weighted by Gasteiger charge is -2.44. The van der Waals surface area contributed by atoms with Crippen LogP contribution in [0.3, 0.4) is 0 Å². The average Bonchev–Trinajstić information content (AvgIpc) is 2.23. The third kappa shape index (κ3) is 3.44. The molecule has 0 bridgehead atoms. The molecule has 1 aliphatic carbocycles. The molecule has 1 aliphatic rings. The summed E-state index contributed by atoms with van der Waals surface area (Å²) >= 11 is 0. The highest BCUT2D eigenvalue weighted by Gasteiger charge is 2.42. The van der Waals surface area contributed by atoms with Crippen molar-refractivity contribution in [1.82, 2.24) is 5.32 Å². The molecule has 0 heterocycles. The fourth-order valence-corrected chi connectivity index (χ4v) is 2.01. The van der Waals surface area contributed by atoms with E-state index in [-0.39, 0.29) is 12.2 Å². The van der Waals surface area contributed by atoms with E-state index in [1.54, 1.807) is 7.11 Å². The van der Waals surface area contributed by atoms with Crippen LogP contribution >= 0.6 is 0 Å². The van der Waals surface area contributed by atoms with Crippen LogP contribution in [0.5, 0.6) is 0 Å². The van der Waals surface area contributed by atoms with Gasteiger partial charge in [-0.25, -0.2) is 0 Å². The van der Waals surface area contributed by atoms with Crippen molar-refractivity contribution in [2.75, 3.05) is 20.3 Å². The zero-order valence-electron chi connectivity index (χ0n) is 11.4. The quantitative estimate of drug-likeness (QED) is 0.726. The van der Waals surface area contributed by atoms with Crippen molar-refractivity contribution in [3.63, 3.8) is 0 Å². The standard InChI is InChI=1S/C13H27NO2/c1-6-13(3,4)9-14-10-8-11(16-7-2)12(10)15-5/h10-12,14H,6-9H2,1-5H3. The van der Waals surface area contributed by atoms with E-state index in [9.17, 15) is 0 Å². The topological polar surface area (TPSA) is 30.5 Å². The van der Waals surface area contributed by atoms with Crippen LogP contribution in [0.15, 0.2) is 0 Å². The maximum Gasteiger partial charge on any atom is 0.0986 e. The number of hydrogen-bond acceptors (Lipinski definition) is 3. The molecule has 0 spiro atoms. The molecular weight excluding hydrogens is 202 g/mol. The number of methoxy groups -OCH3 is 1. The lowest BCUT2D eigenvalue weighted by Crippen LogP contribution is -2.60. The largest absolute Gasteiger partial charge is 0.377 e. The van der Waals surface area contributed by atoms with Crippen molar-refractivity contribution >= 4 is 0 Å². The zero-order chi connectivity index (χ0) is 12.2. The molecule has 1 saturated carbocycles. The van der Waals surface area contributed by atoms with Gasteiger partial charge in [0.05, 0.1) is 12.2 Å². The van der Waals surface area contributed by atoms with Gasteiger partial charge in [-0.05, 0) is 25.2 Å². The minimum Gasteiger partial charge on any atom is -0.377 e. The minimum atomic E-state index is 0.229. The van der Waals surface area contributed by atoms with Crippen LogP contribution in [0.4, 0.5) is 0 Å². The van der Waals surface area contributed by atoms with Crippen molar-refractivity contribution in [3.05, 3.63) is 0 Å². The highest BCUT2D eigenvalue weighted by molar-refractivity contribution is 4.97. The van der Waals surface area contributed by atoms with E-state index in [2.05, 4.69) is 26.1 Å². The Bertz CT molecular complexity index is 206. The zero-order valence-corrected chi connectivity index (χ0v) is 11.4. The molecule has 3 unspecified atom stereocenters. The first-order chi connectivity index (χ1) is 7.54. The van der Waals surface area contributed by atoms with Crippen molar-refractivity contribution in [2.45, 2.75) is 58.8 Å². The second kappa shape index (κ2) is 5.99. The predicted octanol–water partition coefficient (Wildman–Crippen LogP) is 2.20. The number of nitrogens with one attached hydrogen (secondary N) is 1. The molecule has 0 amide bonds. The summed E-state index contributed by atoms with van der Waals surface area (Å²) in [4.78, 5) is 0. The van der Waals surface area contributed by atoms with Gasteiger partial charge in [-0.3, -0.25) is 0 Å². The maximum atomic E-state index is 5.60. The van der Waals surface area contributed by atoms with Crippen LogP contribution in [0.25, 0.3) is 0 Å². The van der Waals surface area contributed by atoms with E-state index >= 15 is 0 Å². The average molecular weight is 229 g/mol. The monoisotopic (exact) mass is 229 g/mol. The van der Waals surface area contributed by atoms with E-state index in [0.717, 1.165) is 19.6 Å². The lowest BCUT2D eigenvalue weighted by atomic mass is 9.83. The van der Waals surface area contributed by atoms with Crippen LogP contribution in [0.2, 0.25) is 0 Å². The van der Waals surface area contributed by atoms with Crippen LogP contribution < -0.4 is 5.32 Å². The van der Waals surface area contributed by atoms with Crippen molar-refractivity contribution < 1.29 is 9.47 Å². The summed E-state index contributed by atoms with van der Waals surface area (Å²) in [5.74, 6) is 0. The van der Waals surface area contributed by atoms with Crippen LogP contribution in [0, 0.1) is 5.41 Å². The van der Waals surface area contributed by atoms with E-state index in [4.69, 9.17) is 9.47 Å². The molecule has 0 aromatic carbocycles. The molecule has 1 N–H and O–H groups in total. The first-order valence-corrected chi connectivity index (χ1v) is 6.42. The summed E-state index contributed by atoms with van der Waals surface area (Å²) in [6, 6.07) is 0.465. The Morgan fingerprint density at radius 3 is 2.50 bits per heavy atom. The SMILES string of the molecule is CCOC1CC(NCC(C)(C)CC)C1OC. The van der Waals surface area contributed by atoms with Crippen LogP contribution in [-0.4, -0.2) is 38.5 Å². The van der Waals surface area contributed by atoms with Gasteiger partial charge in [0, 0.05) is 26.3 Å². The molecule has 3 nitrogen and oxygen atoms in total. The Morgan fingerprint density at radius 1 is 1.31 bits per heavy atom. The molecule has 0 aromatic rings. The Labute approximate surface area is 99.9 Å². The van der Waals surface area contributed by atoms with E-state index in [1.807, 2.05) is 6.92 Å². The maximum absolute atomic E-state index is 5.60. The van der Waals surface area contributed by atoms with Crippen molar-refractivity contribution in [1.29, 1.82) is 0 Å². The van der Waals surface area contributed by atoms with Gasteiger partial charge in [0.1, 0.15) is 0 Å². The molecule has 1 fully saturated rings. The fourth-order valence-electron chi connectivity index (χ4n) is 2.01. The molecule has 0 aliphatic heterocycles. The smallest absolute Gasteiger partial charge is 0.0986 e. The normalized spacial score (nSPS) is 30.2. The molecule has 3 heteroatoms. The second-order valence-electron chi connectivity index (χ2n) is 5.43. The van der Waals surface area contributed by atoms with E-state index in [1.165, 1.54) is 6.42 Å². The molecule has 0 aromatic heterocycles. The molecule has 16 heavy (non-hydrogen) atoms. The summed E-state index contributed by atoms with van der Waals surface area (Å²) in [5, 5.41) is 3.59. The molecule has 0 radical (unpaired) electrons. The lowest BCUT2D eigenvalue weighted by molar-refractivity contribution is -0.132. The summed E-state index contributed by atoms with van der Waals surface area (Å²) in [7, 11) is 1.77. The van der Waals surface area contributed by atoms with Gasteiger partial charge in [0.25, 0.3) is 0 Å². The first-order valence-electron chi connectivity index (χ1n) is 6.42. The van der Waals surface area contributed by atoms with Crippen LogP contribution in [-0.2, 0) is 9.47 Å². The van der Waals surface area contributed by atoms with Gasteiger partial charge in [-0.1, -0.05) is 20.8 Å². The summed E-state index contributed by atoms with van der Waals surface area (Å²) < 4.78 is 11.1. The number of rotatable bonds is 7. The third-order valence-corrected chi connectivity index (χ3v) is 3.70. The highest BCUT2D eigenvalue weighted by Crippen LogP contribution is 2.28. The molecule has 96 valence electrons. The minimum absolute atomic E-state index is 0.229. The van der Waals surface area contributed by atoms with Gasteiger partial charge in [-0.2, -0.15) is 0 Å². The molecule has 1 rings (SSSR count). The van der Waals surface area contributed by atoms with Crippen LogP contribution in [0.1, 0.15) is 40.5 Å². The number of hydrogen-bond donors (Lipinski definition) is 1. The molecule has 0 saturated heterocycles. The Morgan fingerprint density at radius 2 is 2.00 bits per heavy atom. The number of ether oxygens (including phenoxy) is 2. The summed E-state index contributed by atoms with van der Waals surface area (Å²) in [6.07, 6.45) is 2.79. The summed E-state index contributed by atoms with van der Waals surface area (Å²) in [5.41, 5.74) is 0.370. The highest BCUT2D eigenvalue weighted by atomic mass is 16.5.